The Kier molecular flexibility index (Phi) is 2.15. The lowest BCUT2D eigenvalue weighted by Gasteiger charge is -1.80. The number of carbonyl (C=O) groups is 1. The lowest BCUT2D eigenvalue weighted by Crippen LogP contribution is -2.20. The molecule has 0 aliphatic carbocycles. The maximum atomic E-state index is 10.0. The molecule has 1 aliphatic heterocycles. The Labute approximate surface area is 41.9 Å². The third-order valence-corrected chi connectivity index (χ3v) is 0.696. The molecule has 1 fully saturated rings. The summed E-state index contributed by atoms with van der Waals surface area (Å²) in [6.07, 6.45) is 0. The molecule has 0 radical (unpaired) electrons. The molecule has 4 nitrogen and oxygen atoms in total. The van der Waals surface area contributed by atoms with Gasteiger partial charge in [0, 0.05) is 13.1 Å². The molecule has 5 N–H and O–H groups in total. The first-order valence-corrected chi connectivity index (χ1v) is 1.91. The minimum Gasteiger partial charge on any atom is -0.344 e. The van der Waals surface area contributed by atoms with E-state index < -0.39 is 0 Å². The zero-order valence-electron chi connectivity index (χ0n) is 4.03. The third-order valence-electron chi connectivity index (χ3n) is 0.696. The first kappa shape index (κ1) is 6.23. The monoisotopic (exact) mass is 103 g/mol. The van der Waals surface area contributed by atoms with Gasteiger partial charge >= 0.3 is 6.03 Å². The topological polar surface area (TPSA) is 76.1 Å². The van der Waals surface area contributed by atoms with Gasteiger partial charge in [-0.15, -0.1) is 0 Å². The predicted molar refractivity (Wildman–Crippen MR) is 26.4 cm³/mol. The fourth-order valence-corrected chi connectivity index (χ4v) is 0.415. The summed E-state index contributed by atoms with van der Waals surface area (Å²) < 4.78 is 0. The van der Waals surface area contributed by atoms with E-state index >= 15 is 0 Å². The van der Waals surface area contributed by atoms with Gasteiger partial charge in [0.25, 0.3) is 0 Å². The van der Waals surface area contributed by atoms with Gasteiger partial charge in [-0.25, -0.2) is 4.79 Å². The van der Waals surface area contributed by atoms with E-state index in [1.54, 1.807) is 0 Å². The van der Waals surface area contributed by atoms with Gasteiger partial charge in [-0.2, -0.15) is 0 Å². The summed E-state index contributed by atoms with van der Waals surface area (Å²) in [5.74, 6) is 0. The zero-order chi connectivity index (χ0) is 4.41. The van der Waals surface area contributed by atoms with Crippen molar-refractivity contribution in [2.45, 2.75) is 0 Å². The van der Waals surface area contributed by atoms with Crippen LogP contribution in [0.25, 0.3) is 0 Å². The van der Waals surface area contributed by atoms with Gasteiger partial charge in [0.2, 0.25) is 0 Å². The fraction of sp³-hybridized carbons (Fsp3) is 0.667. The number of nitrogens with one attached hydrogen (secondary N) is 2. The van der Waals surface area contributed by atoms with Crippen LogP contribution in [0.4, 0.5) is 4.79 Å². The van der Waals surface area contributed by atoms with Gasteiger partial charge < -0.3 is 16.8 Å². The second-order valence-corrected chi connectivity index (χ2v) is 1.18. The summed E-state index contributed by atoms with van der Waals surface area (Å²) >= 11 is 0. The standard InChI is InChI=1S/C3H6N2O.H3N/c6-3-4-1-2-5-3;/h1-2H2,(H2,4,5,6);1H3. The molecule has 1 rings (SSSR count). The molecule has 4 heteroatoms. The highest BCUT2D eigenvalue weighted by Crippen LogP contribution is 1.69. The Morgan fingerprint density at radius 3 is 1.86 bits per heavy atom. The second-order valence-electron chi connectivity index (χ2n) is 1.18. The van der Waals surface area contributed by atoms with Crippen LogP contribution in [0, 0.1) is 0 Å². The van der Waals surface area contributed by atoms with E-state index in [2.05, 4.69) is 10.6 Å². The number of urea groups is 1. The molecule has 0 atom stereocenters. The molecule has 0 unspecified atom stereocenters. The normalized spacial score (nSPS) is 16.9. The molecule has 42 valence electrons. The fourth-order valence-electron chi connectivity index (χ4n) is 0.415. The Balaban J connectivity index is 0.000000360. The maximum absolute atomic E-state index is 10.0. The molecule has 0 aromatic carbocycles. The molecule has 1 heterocycles. The predicted octanol–water partition coefficient (Wildman–Crippen LogP) is -0.539. The number of amides is 2. The number of rotatable bonds is 0. The summed E-state index contributed by atoms with van der Waals surface area (Å²) in [6, 6.07) is -0.0463. The molecule has 0 aromatic heterocycles. The summed E-state index contributed by atoms with van der Waals surface area (Å²) in [5.41, 5.74) is 0. The highest BCUT2D eigenvalue weighted by atomic mass is 16.2. The first-order chi connectivity index (χ1) is 2.89. The van der Waals surface area contributed by atoms with Gasteiger partial charge in [-0.1, -0.05) is 0 Å². The number of hydrogen-bond donors (Lipinski definition) is 3. The van der Waals surface area contributed by atoms with Crippen LogP contribution in [0.2, 0.25) is 0 Å². The van der Waals surface area contributed by atoms with Crippen LogP contribution < -0.4 is 16.8 Å². The average Bonchev–Trinajstić information content (AvgIpc) is 1.86. The quantitative estimate of drug-likeness (QED) is 0.385. The van der Waals surface area contributed by atoms with E-state index in [4.69, 9.17) is 0 Å². The van der Waals surface area contributed by atoms with Crippen molar-refractivity contribution in [1.82, 2.24) is 16.8 Å². The van der Waals surface area contributed by atoms with Crippen molar-refractivity contribution >= 4 is 6.03 Å². The van der Waals surface area contributed by atoms with Crippen LogP contribution in [0.15, 0.2) is 0 Å². The average molecular weight is 103 g/mol. The van der Waals surface area contributed by atoms with Crippen molar-refractivity contribution in [3.63, 3.8) is 0 Å². The Hall–Kier alpha value is -0.770. The van der Waals surface area contributed by atoms with Crippen molar-refractivity contribution < 1.29 is 4.79 Å². The number of hydrogen-bond acceptors (Lipinski definition) is 2. The van der Waals surface area contributed by atoms with E-state index in [1.807, 2.05) is 0 Å². The van der Waals surface area contributed by atoms with Gasteiger partial charge in [-0.05, 0) is 0 Å². The smallest absolute Gasteiger partial charge is 0.314 e. The summed E-state index contributed by atoms with van der Waals surface area (Å²) in [4.78, 5) is 10.0. The van der Waals surface area contributed by atoms with Gasteiger partial charge in [0.05, 0.1) is 0 Å². The maximum Gasteiger partial charge on any atom is 0.314 e. The molecule has 2 amide bonds. The third kappa shape index (κ3) is 1.41. The molecule has 0 bridgehead atoms. The van der Waals surface area contributed by atoms with Crippen molar-refractivity contribution in [2.24, 2.45) is 0 Å². The van der Waals surface area contributed by atoms with Gasteiger partial charge in [0.15, 0.2) is 0 Å². The molecule has 0 saturated carbocycles. The van der Waals surface area contributed by atoms with Crippen molar-refractivity contribution in [3.05, 3.63) is 0 Å². The van der Waals surface area contributed by atoms with E-state index in [0.29, 0.717) is 0 Å². The van der Waals surface area contributed by atoms with Crippen molar-refractivity contribution in [2.75, 3.05) is 13.1 Å². The lowest BCUT2D eigenvalue weighted by molar-refractivity contribution is 0.248. The Morgan fingerprint density at radius 1 is 1.29 bits per heavy atom. The first-order valence-electron chi connectivity index (χ1n) is 1.91. The van der Waals surface area contributed by atoms with Crippen LogP contribution in [0.5, 0.6) is 0 Å². The van der Waals surface area contributed by atoms with Crippen LogP contribution in [0.1, 0.15) is 0 Å². The van der Waals surface area contributed by atoms with Crippen LogP contribution >= 0.6 is 0 Å². The Morgan fingerprint density at radius 2 is 1.71 bits per heavy atom. The largest absolute Gasteiger partial charge is 0.344 e. The van der Waals surface area contributed by atoms with Crippen LogP contribution in [-0.4, -0.2) is 19.1 Å². The minimum atomic E-state index is -0.0463. The molecular formula is C3H9N3O. The van der Waals surface area contributed by atoms with E-state index in [1.165, 1.54) is 0 Å². The van der Waals surface area contributed by atoms with E-state index in [0.717, 1.165) is 13.1 Å². The van der Waals surface area contributed by atoms with Crippen LogP contribution in [0.3, 0.4) is 0 Å². The Bertz CT molecular complexity index is 64.6. The minimum absolute atomic E-state index is 0. The number of carbonyl (C=O) groups excluding carboxylic acids is 1. The van der Waals surface area contributed by atoms with E-state index in [9.17, 15) is 4.79 Å². The zero-order valence-corrected chi connectivity index (χ0v) is 4.03. The highest BCUT2D eigenvalue weighted by Gasteiger charge is 2.02. The molecule has 0 aromatic rings. The van der Waals surface area contributed by atoms with Crippen LogP contribution in [-0.2, 0) is 0 Å². The molecule has 7 heavy (non-hydrogen) atoms. The molecule has 0 spiro atoms. The molecular weight excluding hydrogens is 94.1 g/mol. The summed E-state index contributed by atoms with van der Waals surface area (Å²) in [7, 11) is 0. The van der Waals surface area contributed by atoms with Crippen molar-refractivity contribution in [1.29, 1.82) is 0 Å². The molecule has 1 aliphatic rings. The van der Waals surface area contributed by atoms with Gasteiger partial charge in [-0.3, -0.25) is 0 Å². The highest BCUT2D eigenvalue weighted by molar-refractivity contribution is 5.75. The SMILES string of the molecule is N.O=C1NCCN1. The van der Waals surface area contributed by atoms with Gasteiger partial charge in [0.1, 0.15) is 0 Å². The molecule has 1 saturated heterocycles. The lowest BCUT2D eigenvalue weighted by atomic mass is 10.7. The van der Waals surface area contributed by atoms with Crippen molar-refractivity contribution in [3.8, 4) is 0 Å². The van der Waals surface area contributed by atoms with E-state index in [-0.39, 0.29) is 12.2 Å². The second kappa shape index (κ2) is 2.41. The summed E-state index contributed by atoms with van der Waals surface area (Å²) in [6.45, 7) is 1.55. The summed E-state index contributed by atoms with van der Waals surface area (Å²) in [5, 5.41) is 5.14.